The van der Waals surface area contributed by atoms with Crippen molar-refractivity contribution in [2.45, 2.75) is 18.1 Å². The molecule has 1 amide bonds. The number of carbonyl (C=O) groups is 1. The molecule has 0 bridgehead atoms. The lowest BCUT2D eigenvalue weighted by Gasteiger charge is -2.21. The van der Waals surface area contributed by atoms with Gasteiger partial charge in [-0.1, -0.05) is 42.1 Å². The minimum Gasteiger partial charge on any atom is -0.467 e. The lowest BCUT2D eigenvalue weighted by molar-refractivity contribution is -0.129. The average Bonchev–Trinajstić information content (AvgIpc) is 3.54. The van der Waals surface area contributed by atoms with E-state index in [2.05, 4.69) is 15.1 Å². The Hall–Kier alpha value is -3.98. The van der Waals surface area contributed by atoms with E-state index in [-0.39, 0.29) is 17.5 Å². The maximum atomic E-state index is 13.3. The van der Waals surface area contributed by atoms with Gasteiger partial charge in [-0.15, -0.1) is 0 Å². The molecule has 0 aliphatic heterocycles. The SMILES string of the molecule is O=C(CSc1ncnc2c1cnn2-c1ccc(F)cc1)N(Cc1ccccc1)Cc1ccco1. The third-order valence-electron chi connectivity index (χ3n) is 5.23. The van der Waals surface area contributed by atoms with Gasteiger partial charge in [-0.2, -0.15) is 5.10 Å². The van der Waals surface area contributed by atoms with Crippen LogP contribution in [-0.4, -0.2) is 36.3 Å². The van der Waals surface area contributed by atoms with Crippen molar-refractivity contribution < 1.29 is 13.6 Å². The van der Waals surface area contributed by atoms with Gasteiger partial charge in [0.1, 0.15) is 22.9 Å². The van der Waals surface area contributed by atoms with Crippen molar-refractivity contribution in [1.29, 1.82) is 0 Å². The highest BCUT2D eigenvalue weighted by atomic mass is 32.2. The second-order valence-electron chi connectivity index (χ2n) is 7.55. The summed E-state index contributed by atoms with van der Waals surface area (Å²) in [5.74, 6) is 0.558. The number of thioether (sulfide) groups is 1. The molecule has 0 N–H and O–H groups in total. The van der Waals surface area contributed by atoms with Crippen LogP contribution in [0.1, 0.15) is 11.3 Å². The minimum absolute atomic E-state index is 0.0389. The molecule has 0 saturated carbocycles. The largest absolute Gasteiger partial charge is 0.467 e. The third kappa shape index (κ3) is 4.84. The first-order valence-corrected chi connectivity index (χ1v) is 11.6. The van der Waals surface area contributed by atoms with E-state index in [0.717, 1.165) is 16.7 Å². The number of aromatic nitrogens is 4. The van der Waals surface area contributed by atoms with Gasteiger partial charge in [0, 0.05) is 6.54 Å². The summed E-state index contributed by atoms with van der Waals surface area (Å²) >= 11 is 1.33. The van der Waals surface area contributed by atoms with Crippen molar-refractivity contribution in [3.05, 3.63) is 103 Å². The highest BCUT2D eigenvalue weighted by Gasteiger charge is 2.18. The molecule has 2 aromatic carbocycles. The maximum Gasteiger partial charge on any atom is 0.233 e. The van der Waals surface area contributed by atoms with Gasteiger partial charge in [0.05, 0.1) is 35.8 Å². The molecule has 9 heteroatoms. The van der Waals surface area contributed by atoms with Gasteiger partial charge in [0.25, 0.3) is 0 Å². The van der Waals surface area contributed by atoms with E-state index in [1.807, 2.05) is 42.5 Å². The first kappa shape index (κ1) is 21.8. The summed E-state index contributed by atoms with van der Waals surface area (Å²) < 4.78 is 20.4. The van der Waals surface area contributed by atoms with Crippen molar-refractivity contribution >= 4 is 28.7 Å². The molecule has 7 nitrogen and oxygen atoms in total. The van der Waals surface area contributed by atoms with E-state index in [4.69, 9.17) is 4.42 Å². The van der Waals surface area contributed by atoms with Crippen LogP contribution in [-0.2, 0) is 17.9 Å². The van der Waals surface area contributed by atoms with Crippen LogP contribution in [0.4, 0.5) is 4.39 Å². The lowest BCUT2D eigenvalue weighted by atomic mass is 10.2. The Kier molecular flexibility index (Phi) is 6.35. The van der Waals surface area contributed by atoms with Gasteiger partial charge in [0.2, 0.25) is 5.91 Å². The number of carbonyl (C=O) groups excluding carboxylic acids is 1. The zero-order valence-corrected chi connectivity index (χ0v) is 18.9. The van der Waals surface area contributed by atoms with Crippen LogP contribution in [0.15, 0.2) is 95.0 Å². The van der Waals surface area contributed by atoms with Crippen LogP contribution in [0.25, 0.3) is 16.7 Å². The summed E-state index contributed by atoms with van der Waals surface area (Å²) in [7, 11) is 0. The predicted octanol–water partition coefficient (Wildman–Crippen LogP) is 4.87. The summed E-state index contributed by atoms with van der Waals surface area (Å²) in [6.45, 7) is 0.853. The monoisotopic (exact) mass is 473 g/mol. The topological polar surface area (TPSA) is 77.1 Å². The van der Waals surface area contributed by atoms with Gasteiger partial charge in [-0.05, 0) is 42.0 Å². The van der Waals surface area contributed by atoms with Gasteiger partial charge in [0.15, 0.2) is 5.65 Å². The molecular weight excluding hydrogens is 453 g/mol. The quantitative estimate of drug-likeness (QED) is 0.236. The Balaban J connectivity index is 1.34. The van der Waals surface area contributed by atoms with Gasteiger partial charge >= 0.3 is 0 Å². The minimum atomic E-state index is -0.320. The third-order valence-corrected chi connectivity index (χ3v) is 6.22. The molecule has 5 rings (SSSR count). The number of nitrogens with zero attached hydrogens (tertiary/aromatic N) is 5. The van der Waals surface area contributed by atoms with E-state index in [9.17, 15) is 9.18 Å². The molecule has 0 saturated heterocycles. The Morgan fingerprint density at radius 3 is 2.59 bits per heavy atom. The molecule has 0 atom stereocenters. The molecule has 0 spiro atoms. The smallest absolute Gasteiger partial charge is 0.233 e. The summed E-state index contributed by atoms with van der Waals surface area (Å²) in [5, 5.41) is 5.78. The molecule has 0 fully saturated rings. The van der Waals surface area contributed by atoms with Crippen LogP contribution in [0.5, 0.6) is 0 Å². The number of fused-ring (bicyclic) bond motifs is 1. The predicted molar refractivity (Wildman–Crippen MR) is 127 cm³/mol. The normalized spacial score (nSPS) is 11.1. The van der Waals surface area contributed by atoms with Crippen LogP contribution in [0, 0.1) is 5.82 Å². The zero-order valence-electron chi connectivity index (χ0n) is 18.0. The highest BCUT2D eigenvalue weighted by molar-refractivity contribution is 8.00. The van der Waals surface area contributed by atoms with E-state index in [1.54, 1.807) is 34.2 Å². The second-order valence-corrected chi connectivity index (χ2v) is 8.52. The molecule has 0 aliphatic rings. The molecule has 0 aliphatic carbocycles. The fourth-order valence-electron chi connectivity index (χ4n) is 3.56. The van der Waals surface area contributed by atoms with Crippen molar-refractivity contribution in [3.8, 4) is 5.69 Å². The fourth-order valence-corrected chi connectivity index (χ4v) is 4.42. The van der Waals surface area contributed by atoms with Gasteiger partial charge in [-0.25, -0.2) is 19.0 Å². The van der Waals surface area contributed by atoms with Crippen molar-refractivity contribution in [2.75, 3.05) is 5.75 Å². The molecule has 3 aromatic heterocycles. The average molecular weight is 474 g/mol. The Labute approximate surface area is 199 Å². The number of hydrogen-bond donors (Lipinski definition) is 0. The number of halogens is 1. The van der Waals surface area contributed by atoms with Gasteiger partial charge in [-0.3, -0.25) is 4.79 Å². The summed E-state index contributed by atoms with van der Waals surface area (Å²) in [6, 6.07) is 19.5. The Morgan fingerprint density at radius 2 is 1.82 bits per heavy atom. The molecular formula is C25H20FN5O2S. The zero-order chi connectivity index (χ0) is 23.3. The molecule has 0 unspecified atom stereocenters. The lowest BCUT2D eigenvalue weighted by Crippen LogP contribution is -2.31. The second kappa shape index (κ2) is 9.88. The van der Waals surface area contributed by atoms with Crippen LogP contribution >= 0.6 is 11.8 Å². The first-order chi connectivity index (χ1) is 16.7. The van der Waals surface area contributed by atoms with E-state index in [0.29, 0.717) is 29.5 Å². The number of benzene rings is 2. The molecule has 5 aromatic rings. The molecule has 34 heavy (non-hydrogen) atoms. The van der Waals surface area contributed by atoms with E-state index in [1.165, 1.54) is 30.2 Å². The van der Waals surface area contributed by atoms with Crippen molar-refractivity contribution in [2.24, 2.45) is 0 Å². The number of rotatable bonds is 8. The summed E-state index contributed by atoms with van der Waals surface area (Å²) in [4.78, 5) is 23.7. The number of amides is 1. The van der Waals surface area contributed by atoms with E-state index >= 15 is 0 Å². The van der Waals surface area contributed by atoms with Gasteiger partial charge < -0.3 is 9.32 Å². The van der Waals surface area contributed by atoms with Crippen molar-refractivity contribution in [3.63, 3.8) is 0 Å². The number of furan rings is 1. The molecule has 170 valence electrons. The van der Waals surface area contributed by atoms with Crippen LogP contribution in [0.2, 0.25) is 0 Å². The molecule has 3 heterocycles. The number of hydrogen-bond acceptors (Lipinski definition) is 6. The fraction of sp³-hybridized carbons (Fsp3) is 0.120. The standard InChI is InChI=1S/C25H20FN5O2S/c26-19-8-10-20(11-9-19)31-24-22(13-29-31)25(28-17-27-24)34-16-23(32)30(15-21-7-4-12-33-21)14-18-5-2-1-3-6-18/h1-13,17H,14-16H2. The van der Waals surface area contributed by atoms with E-state index < -0.39 is 0 Å². The van der Waals surface area contributed by atoms with Crippen molar-refractivity contribution in [1.82, 2.24) is 24.6 Å². The van der Waals surface area contributed by atoms with Crippen LogP contribution in [0.3, 0.4) is 0 Å². The summed E-state index contributed by atoms with van der Waals surface area (Å²) in [6.07, 6.45) is 4.71. The highest BCUT2D eigenvalue weighted by Crippen LogP contribution is 2.26. The Morgan fingerprint density at radius 1 is 1.00 bits per heavy atom. The first-order valence-electron chi connectivity index (χ1n) is 10.6. The Bertz CT molecular complexity index is 1390. The molecule has 0 radical (unpaired) electrons. The van der Waals surface area contributed by atoms with Crippen LogP contribution < -0.4 is 0 Å². The summed E-state index contributed by atoms with van der Waals surface area (Å²) in [5.41, 5.74) is 2.32. The maximum absolute atomic E-state index is 13.3.